The highest BCUT2D eigenvalue weighted by atomic mass is 79.9. The molecular weight excluding hydrogens is 260 g/mol. The summed E-state index contributed by atoms with van der Waals surface area (Å²) in [6.45, 7) is 3.20. The lowest BCUT2D eigenvalue weighted by Crippen LogP contribution is -2.31. The highest BCUT2D eigenvalue weighted by Crippen LogP contribution is 2.22. The predicted molar refractivity (Wildman–Crippen MR) is 59.6 cm³/mol. The van der Waals surface area contributed by atoms with E-state index in [1.165, 1.54) is 0 Å². The van der Waals surface area contributed by atoms with Crippen LogP contribution in [0.25, 0.3) is 0 Å². The Hall–Kier alpha value is -0.810. The van der Waals surface area contributed by atoms with Crippen LogP contribution in [-0.4, -0.2) is 29.9 Å². The van der Waals surface area contributed by atoms with Gasteiger partial charge in [0.05, 0.1) is 0 Å². The fraction of sp³-hybridized carbons (Fsp3) is 0.500. The van der Waals surface area contributed by atoms with Crippen LogP contribution in [0.5, 0.6) is 0 Å². The zero-order chi connectivity index (χ0) is 11.0. The molecule has 2 N–H and O–H groups in total. The summed E-state index contributed by atoms with van der Waals surface area (Å²) in [4.78, 5) is 13.7. The molecule has 0 saturated carbocycles. The SMILES string of the molecule is Cc1cc(Br)oc1C(=O)N1CC[C@@H](N)C1. The van der Waals surface area contributed by atoms with Crippen LogP contribution in [0, 0.1) is 6.92 Å². The van der Waals surface area contributed by atoms with Crippen molar-refractivity contribution in [1.29, 1.82) is 0 Å². The number of furan rings is 1. The minimum Gasteiger partial charge on any atom is -0.444 e. The summed E-state index contributed by atoms with van der Waals surface area (Å²) in [5.41, 5.74) is 6.60. The molecule has 1 atom stereocenters. The summed E-state index contributed by atoms with van der Waals surface area (Å²) < 4.78 is 5.90. The monoisotopic (exact) mass is 272 g/mol. The van der Waals surface area contributed by atoms with E-state index in [9.17, 15) is 4.79 Å². The Morgan fingerprint density at radius 1 is 1.73 bits per heavy atom. The third kappa shape index (κ3) is 2.08. The second-order valence-electron chi connectivity index (χ2n) is 3.86. The summed E-state index contributed by atoms with van der Waals surface area (Å²) in [6, 6.07) is 1.90. The third-order valence-corrected chi connectivity index (χ3v) is 2.98. The first-order valence-corrected chi connectivity index (χ1v) is 5.68. The second kappa shape index (κ2) is 3.98. The van der Waals surface area contributed by atoms with E-state index in [0.29, 0.717) is 17.0 Å². The highest BCUT2D eigenvalue weighted by Gasteiger charge is 2.27. The van der Waals surface area contributed by atoms with Gasteiger partial charge in [-0.1, -0.05) is 0 Å². The molecular formula is C10H13BrN2O2. The fourth-order valence-corrected chi connectivity index (χ4v) is 2.28. The molecule has 0 aromatic carbocycles. The Balaban J connectivity index is 2.17. The zero-order valence-corrected chi connectivity index (χ0v) is 10.1. The van der Waals surface area contributed by atoms with Crippen LogP contribution in [0.15, 0.2) is 15.2 Å². The second-order valence-corrected chi connectivity index (χ2v) is 4.64. The number of nitrogens with zero attached hydrogens (tertiary/aromatic N) is 1. The lowest BCUT2D eigenvalue weighted by atomic mass is 10.2. The Labute approximate surface area is 96.5 Å². The molecule has 1 aliphatic heterocycles. The molecule has 4 nitrogen and oxygen atoms in total. The number of amides is 1. The Morgan fingerprint density at radius 2 is 2.47 bits per heavy atom. The number of carbonyl (C=O) groups excluding carboxylic acids is 1. The molecule has 1 aromatic heterocycles. The maximum absolute atomic E-state index is 12.0. The zero-order valence-electron chi connectivity index (χ0n) is 8.50. The Bertz CT molecular complexity index is 389. The number of likely N-dealkylation sites (tertiary alicyclic amines) is 1. The molecule has 1 fully saturated rings. The minimum absolute atomic E-state index is 0.0637. The first kappa shape index (κ1) is 10.7. The van der Waals surface area contributed by atoms with Crippen molar-refractivity contribution in [3.05, 3.63) is 22.1 Å². The maximum Gasteiger partial charge on any atom is 0.289 e. The first-order chi connectivity index (χ1) is 7.08. The van der Waals surface area contributed by atoms with Gasteiger partial charge < -0.3 is 15.1 Å². The molecule has 1 aromatic rings. The van der Waals surface area contributed by atoms with Gasteiger partial charge in [0.15, 0.2) is 10.4 Å². The largest absolute Gasteiger partial charge is 0.444 e. The summed E-state index contributed by atoms with van der Waals surface area (Å²) in [5, 5.41) is 0. The number of halogens is 1. The number of hydrogen-bond donors (Lipinski definition) is 1. The van der Waals surface area contributed by atoms with Crippen LogP contribution in [0.4, 0.5) is 0 Å². The average molecular weight is 273 g/mol. The number of hydrogen-bond acceptors (Lipinski definition) is 3. The lowest BCUT2D eigenvalue weighted by molar-refractivity contribution is 0.0757. The van der Waals surface area contributed by atoms with E-state index in [1.807, 2.05) is 6.92 Å². The van der Waals surface area contributed by atoms with Gasteiger partial charge in [-0.15, -0.1) is 0 Å². The Morgan fingerprint density at radius 3 is 2.93 bits per heavy atom. The van der Waals surface area contributed by atoms with Crippen molar-refractivity contribution in [3.8, 4) is 0 Å². The summed E-state index contributed by atoms with van der Waals surface area (Å²) in [7, 11) is 0. The van der Waals surface area contributed by atoms with E-state index < -0.39 is 0 Å². The molecule has 0 unspecified atom stereocenters. The van der Waals surface area contributed by atoms with Crippen LogP contribution in [0.2, 0.25) is 0 Å². The van der Waals surface area contributed by atoms with Crippen LogP contribution in [0.1, 0.15) is 22.5 Å². The van der Waals surface area contributed by atoms with Crippen LogP contribution >= 0.6 is 15.9 Å². The van der Waals surface area contributed by atoms with Gasteiger partial charge in [0.25, 0.3) is 5.91 Å². The standard InChI is InChI=1S/C10H13BrN2O2/c1-6-4-8(11)15-9(6)10(14)13-3-2-7(12)5-13/h4,7H,2-3,5,12H2,1H3/t7-/m1/s1. The number of nitrogens with two attached hydrogens (primary N) is 1. The molecule has 2 heterocycles. The van der Waals surface area contributed by atoms with Gasteiger partial charge in [-0.2, -0.15) is 0 Å². The van der Waals surface area contributed by atoms with E-state index in [4.69, 9.17) is 10.2 Å². The molecule has 0 bridgehead atoms. The van der Waals surface area contributed by atoms with Crippen molar-refractivity contribution in [1.82, 2.24) is 4.90 Å². The topological polar surface area (TPSA) is 59.5 Å². The normalized spacial score (nSPS) is 21.0. The minimum atomic E-state index is -0.0637. The number of rotatable bonds is 1. The molecule has 0 spiro atoms. The van der Waals surface area contributed by atoms with Crippen LogP contribution < -0.4 is 5.73 Å². The Kier molecular flexibility index (Phi) is 2.84. The van der Waals surface area contributed by atoms with E-state index >= 15 is 0 Å². The molecule has 5 heteroatoms. The van der Waals surface area contributed by atoms with Gasteiger partial charge in [0, 0.05) is 24.7 Å². The average Bonchev–Trinajstić information content (AvgIpc) is 2.71. The van der Waals surface area contributed by atoms with Crippen LogP contribution in [-0.2, 0) is 0 Å². The molecule has 2 rings (SSSR count). The van der Waals surface area contributed by atoms with E-state index in [1.54, 1.807) is 11.0 Å². The van der Waals surface area contributed by atoms with E-state index in [-0.39, 0.29) is 11.9 Å². The number of aryl methyl sites for hydroxylation is 1. The van der Waals surface area contributed by atoms with Crippen molar-refractivity contribution in [2.75, 3.05) is 13.1 Å². The molecule has 82 valence electrons. The molecule has 15 heavy (non-hydrogen) atoms. The number of carbonyl (C=O) groups is 1. The summed E-state index contributed by atoms with van der Waals surface area (Å²) >= 11 is 3.21. The molecule has 0 radical (unpaired) electrons. The molecule has 1 saturated heterocycles. The van der Waals surface area contributed by atoms with Crippen molar-refractivity contribution in [2.24, 2.45) is 5.73 Å². The smallest absolute Gasteiger partial charge is 0.289 e. The van der Waals surface area contributed by atoms with Crippen molar-refractivity contribution < 1.29 is 9.21 Å². The van der Waals surface area contributed by atoms with Gasteiger partial charge in [0.2, 0.25) is 0 Å². The first-order valence-electron chi connectivity index (χ1n) is 4.88. The van der Waals surface area contributed by atoms with Gasteiger partial charge in [-0.25, -0.2) is 0 Å². The van der Waals surface area contributed by atoms with Gasteiger partial charge in [-0.05, 0) is 35.3 Å². The predicted octanol–water partition coefficient (Wildman–Crippen LogP) is 1.52. The summed E-state index contributed by atoms with van der Waals surface area (Å²) in [6.07, 6.45) is 0.868. The van der Waals surface area contributed by atoms with Gasteiger partial charge >= 0.3 is 0 Å². The molecule has 1 aliphatic rings. The third-order valence-electron chi connectivity index (χ3n) is 2.59. The van der Waals surface area contributed by atoms with Crippen molar-refractivity contribution >= 4 is 21.8 Å². The van der Waals surface area contributed by atoms with Crippen molar-refractivity contribution in [2.45, 2.75) is 19.4 Å². The lowest BCUT2D eigenvalue weighted by Gasteiger charge is -2.14. The van der Waals surface area contributed by atoms with Crippen molar-refractivity contribution in [3.63, 3.8) is 0 Å². The molecule has 0 aliphatic carbocycles. The fourth-order valence-electron chi connectivity index (χ4n) is 1.77. The van der Waals surface area contributed by atoms with Crippen LogP contribution in [0.3, 0.4) is 0 Å². The molecule has 1 amide bonds. The quantitative estimate of drug-likeness (QED) is 0.844. The van der Waals surface area contributed by atoms with Gasteiger partial charge in [0.1, 0.15) is 0 Å². The van der Waals surface area contributed by atoms with Gasteiger partial charge in [-0.3, -0.25) is 4.79 Å². The maximum atomic E-state index is 12.0. The highest BCUT2D eigenvalue weighted by molar-refractivity contribution is 9.10. The van der Waals surface area contributed by atoms with E-state index in [0.717, 1.165) is 18.5 Å². The van der Waals surface area contributed by atoms with E-state index in [2.05, 4.69) is 15.9 Å². The summed E-state index contributed by atoms with van der Waals surface area (Å²) in [5.74, 6) is 0.349.